The number of rotatable bonds is 1. The zero-order valence-electron chi connectivity index (χ0n) is 10.4. The van der Waals surface area contributed by atoms with Crippen molar-refractivity contribution in [3.63, 3.8) is 0 Å². The van der Waals surface area contributed by atoms with E-state index < -0.39 is 0 Å². The lowest BCUT2D eigenvalue weighted by Gasteiger charge is -2.06. The van der Waals surface area contributed by atoms with E-state index >= 15 is 0 Å². The fourth-order valence-electron chi connectivity index (χ4n) is 2.88. The molecule has 1 aliphatic carbocycles. The van der Waals surface area contributed by atoms with Gasteiger partial charge in [0.25, 0.3) is 0 Å². The van der Waals surface area contributed by atoms with Gasteiger partial charge in [-0.1, -0.05) is 6.07 Å². The Kier molecular flexibility index (Phi) is 2.32. The molecule has 94 valence electrons. The van der Waals surface area contributed by atoms with E-state index in [1.54, 1.807) is 6.20 Å². The van der Waals surface area contributed by atoms with E-state index in [1.807, 2.05) is 16.7 Å². The maximum atomic E-state index is 5.43. The Balaban J connectivity index is 2.00. The van der Waals surface area contributed by atoms with Gasteiger partial charge in [0.2, 0.25) is 0 Å². The fourth-order valence-corrected chi connectivity index (χ4v) is 3.18. The first-order valence-electron chi connectivity index (χ1n) is 6.51. The largest absolute Gasteiger partial charge is 0.329 e. The van der Waals surface area contributed by atoms with Crippen molar-refractivity contribution in [1.29, 1.82) is 0 Å². The predicted octanol–water partition coefficient (Wildman–Crippen LogP) is 3.57. The molecule has 3 nitrogen and oxygen atoms in total. The van der Waals surface area contributed by atoms with Crippen molar-refractivity contribution in [3.05, 3.63) is 52.4 Å². The standard InChI is InChI=1S/C15H13N3S/c19-15-17-13-5-2-8-16-14(13)18(15)12-7-6-10-3-1-4-11(10)9-12/h2,5-9H,1,3-4H2,(H,17,19). The molecule has 0 aliphatic heterocycles. The molecule has 0 amide bonds. The highest BCUT2D eigenvalue weighted by atomic mass is 32.1. The van der Waals surface area contributed by atoms with Crippen LogP contribution in [0.2, 0.25) is 0 Å². The van der Waals surface area contributed by atoms with Crippen molar-refractivity contribution in [3.8, 4) is 5.69 Å². The third-order valence-corrected chi connectivity index (χ3v) is 4.07. The van der Waals surface area contributed by atoms with Gasteiger partial charge in [0.05, 0.1) is 11.2 Å². The van der Waals surface area contributed by atoms with E-state index in [0.717, 1.165) is 16.9 Å². The third-order valence-electron chi connectivity index (χ3n) is 3.78. The molecule has 0 unspecified atom stereocenters. The molecular weight excluding hydrogens is 254 g/mol. The molecule has 0 saturated carbocycles. The van der Waals surface area contributed by atoms with E-state index in [1.165, 1.54) is 30.4 Å². The Bertz CT molecular complexity index is 829. The van der Waals surface area contributed by atoms with Crippen LogP contribution in [0.3, 0.4) is 0 Å². The Morgan fingerprint density at radius 1 is 1.16 bits per heavy atom. The first kappa shape index (κ1) is 10.9. The van der Waals surface area contributed by atoms with Crippen LogP contribution in [0.1, 0.15) is 17.5 Å². The van der Waals surface area contributed by atoms with Crippen LogP contribution in [-0.2, 0) is 12.8 Å². The van der Waals surface area contributed by atoms with Crippen molar-refractivity contribution < 1.29 is 0 Å². The van der Waals surface area contributed by atoms with Crippen LogP contribution >= 0.6 is 12.2 Å². The van der Waals surface area contributed by atoms with Crippen LogP contribution in [-0.4, -0.2) is 14.5 Å². The maximum Gasteiger partial charge on any atom is 0.183 e. The number of benzene rings is 1. The molecule has 19 heavy (non-hydrogen) atoms. The molecule has 0 bridgehead atoms. The highest BCUT2D eigenvalue weighted by Crippen LogP contribution is 2.26. The number of H-pyrrole nitrogens is 1. The Hall–Kier alpha value is -1.94. The molecule has 0 fully saturated rings. The Labute approximate surface area is 115 Å². The molecule has 2 heterocycles. The van der Waals surface area contributed by atoms with Gasteiger partial charge >= 0.3 is 0 Å². The lowest BCUT2D eigenvalue weighted by Crippen LogP contribution is -1.97. The second-order valence-electron chi connectivity index (χ2n) is 4.95. The molecule has 4 rings (SSSR count). The van der Waals surface area contributed by atoms with Crippen molar-refractivity contribution >= 4 is 23.4 Å². The summed E-state index contributed by atoms with van der Waals surface area (Å²) >= 11 is 5.43. The number of aromatic amines is 1. The van der Waals surface area contributed by atoms with Crippen molar-refractivity contribution in [1.82, 2.24) is 14.5 Å². The predicted molar refractivity (Wildman–Crippen MR) is 78.3 cm³/mol. The first-order valence-corrected chi connectivity index (χ1v) is 6.92. The number of pyridine rings is 1. The van der Waals surface area contributed by atoms with E-state index in [-0.39, 0.29) is 0 Å². The number of hydrogen-bond acceptors (Lipinski definition) is 2. The molecule has 0 atom stereocenters. The first-order chi connectivity index (χ1) is 9.33. The smallest absolute Gasteiger partial charge is 0.183 e. The molecular formula is C15H13N3S. The topological polar surface area (TPSA) is 33.6 Å². The number of aromatic nitrogens is 3. The summed E-state index contributed by atoms with van der Waals surface area (Å²) in [6.45, 7) is 0. The summed E-state index contributed by atoms with van der Waals surface area (Å²) in [6, 6.07) is 10.5. The normalized spacial score (nSPS) is 13.9. The van der Waals surface area contributed by atoms with Crippen LogP contribution in [0.15, 0.2) is 36.5 Å². The molecule has 0 saturated heterocycles. The molecule has 1 aromatic carbocycles. The second-order valence-corrected chi connectivity index (χ2v) is 5.33. The van der Waals surface area contributed by atoms with Crippen molar-refractivity contribution in [2.75, 3.05) is 0 Å². The fraction of sp³-hybridized carbons (Fsp3) is 0.200. The molecule has 0 spiro atoms. The summed E-state index contributed by atoms with van der Waals surface area (Å²) in [5.41, 5.74) is 5.90. The van der Waals surface area contributed by atoms with Gasteiger partial charge in [0.1, 0.15) is 0 Å². The molecule has 0 radical (unpaired) electrons. The van der Waals surface area contributed by atoms with Gasteiger partial charge in [-0.05, 0) is 66.9 Å². The van der Waals surface area contributed by atoms with Gasteiger partial charge in [-0.25, -0.2) is 4.98 Å². The van der Waals surface area contributed by atoms with Crippen molar-refractivity contribution in [2.45, 2.75) is 19.3 Å². The van der Waals surface area contributed by atoms with E-state index in [9.17, 15) is 0 Å². The lowest BCUT2D eigenvalue weighted by molar-refractivity contribution is 0.911. The summed E-state index contributed by atoms with van der Waals surface area (Å²) in [4.78, 5) is 7.65. The highest BCUT2D eigenvalue weighted by molar-refractivity contribution is 7.71. The number of nitrogens with zero attached hydrogens (tertiary/aromatic N) is 2. The van der Waals surface area contributed by atoms with E-state index in [0.29, 0.717) is 4.77 Å². The zero-order valence-corrected chi connectivity index (χ0v) is 11.2. The Morgan fingerprint density at radius 2 is 2.05 bits per heavy atom. The molecule has 1 aliphatic rings. The third kappa shape index (κ3) is 1.64. The molecule has 3 aromatic rings. The molecule has 1 N–H and O–H groups in total. The summed E-state index contributed by atoms with van der Waals surface area (Å²) in [7, 11) is 0. The van der Waals surface area contributed by atoms with Gasteiger partial charge in [-0.2, -0.15) is 0 Å². The monoisotopic (exact) mass is 267 g/mol. The van der Waals surface area contributed by atoms with Crippen LogP contribution in [0, 0.1) is 4.77 Å². The van der Waals surface area contributed by atoms with Crippen LogP contribution in [0.4, 0.5) is 0 Å². The van der Waals surface area contributed by atoms with Gasteiger partial charge in [-0.3, -0.25) is 4.57 Å². The summed E-state index contributed by atoms with van der Waals surface area (Å²) in [6.07, 6.45) is 5.44. The average Bonchev–Trinajstić information content (AvgIpc) is 3.00. The zero-order chi connectivity index (χ0) is 12.8. The van der Waals surface area contributed by atoms with Gasteiger partial charge < -0.3 is 4.98 Å². The molecule has 2 aromatic heterocycles. The minimum absolute atomic E-state index is 0.701. The van der Waals surface area contributed by atoms with E-state index in [4.69, 9.17) is 12.2 Å². The van der Waals surface area contributed by atoms with Crippen LogP contribution in [0.5, 0.6) is 0 Å². The minimum Gasteiger partial charge on any atom is -0.329 e. The van der Waals surface area contributed by atoms with Gasteiger partial charge in [0, 0.05) is 6.20 Å². The number of hydrogen-bond donors (Lipinski definition) is 1. The summed E-state index contributed by atoms with van der Waals surface area (Å²) in [5.74, 6) is 0. The number of nitrogens with one attached hydrogen (secondary N) is 1. The molecule has 4 heteroatoms. The van der Waals surface area contributed by atoms with E-state index in [2.05, 4.69) is 28.2 Å². The lowest BCUT2D eigenvalue weighted by atomic mass is 10.1. The average molecular weight is 267 g/mol. The summed E-state index contributed by atoms with van der Waals surface area (Å²) < 4.78 is 2.72. The summed E-state index contributed by atoms with van der Waals surface area (Å²) in [5, 5.41) is 0. The minimum atomic E-state index is 0.701. The number of imidazole rings is 1. The van der Waals surface area contributed by atoms with Crippen molar-refractivity contribution in [2.24, 2.45) is 0 Å². The quantitative estimate of drug-likeness (QED) is 0.684. The maximum absolute atomic E-state index is 5.43. The second kappa shape index (κ2) is 4.03. The SMILES string of the molecule is S=c1[nH]c2cccnc2n1-c1ccc2c(c1)CCC2. The van der Waals surface area contributed by atoms with Gasteiger partial charge in [-0.15, -0.1) is 0 Å². The highest BCUT2D eigenvalue weighted by Gasteiger charge is 2.13. The number of fused-ring (bicyclic) bond motifs is 2. The number of aryl methyl sites for hydroxylation is 2. The Morgan fingerprint density at radius 3 is 3.00 bits per heavy atom. The van der Waals surface area contributed by atoms with Crippen LogP contribution in [0.25, 0.3) is 16.9 Å². The van der Waals surface area contributed by atoms with Crippen LogP contribution < -0.4 is 0 Å². The van der Waals surface area contributed by atoms with Gasteiger partial charge in [0.15, 0.2) is 10.4 Å².